The third-order valence-corrected chi connectivity index (χ3v) is 2.64. The highest BCUT2D eigenvalue weighted by atomic mass is 16.5. The van der Waals surface area contributed by atoms with Gasteiger partial charge < -0.3 is 10.1 Å². The number of anilines is 2. The smallest absolute Gasteiger partial charge is 0.339 e. The van der Waals surface area contributed by atoms with E-state index in [1.165, 1.54) is 11.8 Å². The number of rotatable bonds is 3. The summed E-state index contributed by atoms with van der Waals surface area (Å²) in [6.07, 6.45) is 1.57. The van der Waals surface area contributed by atoms with Gasteiger partial charge in [0.2, 0.25) is 0 Å². The quantitative estimate of drug-likeness (QED) is 0.836. The number of benzene rings is 1. The Labute approximate surface area is 115 Å². The molecule has 0 aliphatic heterocycles. The number of carbonyl (C=O) groups is 2. The Morgan fingerprint density at radius 3 is 2.60 bits per heavy atom. The van der Waals surface area contributed by atoms with Crippen LogP contribution in [0.5, 0.6) is 0 Å². The zero-order valence-electron chi connectivity index (χ0n) is 11.1. The van der Waals surface area contributed by atoms with Crippen molar-refractivity contribution in [2.45, 2.75) is 0 Å². The van der Waals surface area contributed by atoms with Gasteiger partial charge in [0.05, 0.1) is 24.6 Å². The number of aryl methyl sites for hydroxylation is 1. The van der Waals surface area contributed by atoms with E-state index in [0.717, 1.165) is 0 Å². The van der Waals surface area contributed by atoms with E-state index in [1.54, 1.807) is 43.6 Å². The van der Waals surface area contributed by atoms with Gasteiger partial charge in [-0.1, -0.05) is 12.1 Å². The fourth-order valence-electron chi connectivity index (χ4n) is 1.65. The lowest BCUT2D eigenvalue weighted by atomic mass is 10.2. The predicted molar refractivity (Wildman–Crippen MR) is 73.6 cm³/mol. The summed E-state index contributed by atoms with van der Waals surface area (Å²) in [7, 11) is 2.99. The molecule has 0 saturated heterocycles. The first-order valence-corrected chi connectivity index (χ1v) is 5.85. The third-order valence-electron chi connectivity index (χ3n) is 2.64. The number of urea groups is 1. The van der Waals surface area contributed by atoms with Crippen LogP contribution in [0.1, 0.15) is 10.4 Å². The number of ether oxygens (including phenoxy) is 1. The molecule has 2 aromatic rings. The number of aromatic nitrogens is 2. The summed E-state index contributed by atoms with van der Waals surface area (Å²) in [6, 6.07) is 7.79. The zero-order valence-corrected chi connectivity index (χ0v) is 11.1. The Hall–Kier alpha value is -2.83. The van der Waals surface area contributed by atoms with E-state index >= 15 is 0 Å². The van der Waals surface area contributed by atoms with Gasteiger partial charge in [0.25, 0.3) is 0 Å². The Bertz CT molecular complexity index is 636. The molecule has 0 fully saturated rings. The monoisotopic (exact) mass is 274 g/mol. The van der Waals surface area contributed by atoms with Crippen molar-refractivity contribution in [3.05, 3.63) is 42.1 Å². The Balaban J connectivity index is 2.12. The van der Waals surface area contributed by atoms with Gasteiger partial charge >= 0.3 is 12.0 Å². The highest BCUT2D eigenvalue weighted by Crippen LogP contribution is 2.16. The molecule has 2 rings (SSSR count). The average molecular weight is 274 g/mol. The first kappa shape index (κ1) is 13.6. The second-order valence-corrected chi connectivity index (χ2v) is 3.96. The molecule has 1 aromatic carbocycles. The van der Waals surface area contributed by atoms with E-state index in [2.05, 4.69) is 20.5 Å². The number of hydrogen-bond donors (Lipinski definition) is 2. The highest BCUT2D eigenvalue weighted by molar-refractivity contribution is 6.04. The molecule has 7 heteroatoms. The summed E-state index contributed by atoms with van der Waals surface area (Å²) in [5, 5.41) is 9.16. The van der Waals surface area contributed by atoms with Crippen molar-refractivity contribution < 1.29 is 14.3 Å². The van der Waals surface area contributed by atoms with Gasteiger partial charge in [0, 0.05) is 13.1 Å². The normalized spacial score (nSPS) is 9.90. The van der Waals surface area contributed by atoms with Crippen LogP contribution in [0.25, 0.3) is 0 Å². The number of amides is 2. The van der Waals surface area contributed by atoms with E-state index in [1.807, 2.05) is 0 Å². The molecule has 0 aliphatic carbocycles. The second kappa shape index (κ2) is 5.87. The van der Waals surface area contributed by atoms with Crippen molar-refractivity contribution in [1.82, 2.24) is 9.78 Å². The molecule has 2 amide bonds. The summed E-state index contributed by atoms with van der Waals surface area (Å²) >= 11 is 0. The molecule has 2 N–H and O–H groups in total. The van der Waals surface area contributed by atoms with Crippen molar-refractivity contribution in [3.8, 4) is 0 Å². The van der Waals surface area contributed by atoms with Gasteiger partial charge in [-0.15, -0.1) is 0 Å². The van der Waals surface area contributed by atoms with Crippen LogP contribution in [0.4, 0.5) is 16.3 Å². The molecule has 0 saturated carbocycles. The summed E-state index contributed by atoms with van der Waals surface area (Å²) in [6.45, 7) is 0. The fourth-order valence-corrected chi connectivity index (χ4v) is 1.65. The van der Waals surface area contributed by atoms with E-state index in [4.69, 9.17) is 0 Å². The van der Waals surface area contributed by atoms with Gasteiger partial charge in [0.1, 0.15) is 5.82 Å². The average Bonchev–Trinajstić information content (AvgIpc) is 2.84. The topological polar surface area (TPSA) is 85.2 Å². The van der Waals surface area contributed by atoms with Crippen molar-refractivity contribution >= 4 is 23.5 Å². The maximum absolute atomic E-state index is 11.9. The van der Waals surface area contributed by atoms with Crippen LogP contribution in [0.15, 0.2) is 36.5 Å². The van der Waals surface area contributed by atoms with Crippen LogP contribution in [-0.2, 0) is 11.8 Å². The van der Waals surface area contributed by atoms with Gasteiger partial charge in [-0.05, 0) is 12.1 Å². The van der Waals surface area contributed by atoms with Crippen molar-refractivity contribution in [2.24, 2.45) is 7.05 Å². The number of nitrogens with one attached hydrogen (secondary N) is 2. The number of methoxy groups -OCH3 is 1. The molecule has 7 nitrogen and oxygen atoms in total. The van der Waals surface area contributed by atoms with Crippen molar-refractivity contribution in [3.63, 3.8) is 0 Å². The van der Waals surface area contributed by atoms with Gasteiger partial charge in [-0.25, -0.2) is 9.59 Å². The Morgan fingerprint density at radius 2 is 1.95 bits per heavy atom. The lowest BCUT2D eigenvalue weighted by Gasteiger charge is -2.10. The third kappa shape index (κ3) is 2.94. The first-order valence-electron chi connectivity index (χ1n) is 5.85. The molecule has 0 radical (unpaired) electrons. The number of esters is 1. The molecule has 1 heterocycles. The molecule has 0 aliphatic rings. The molecule has 104 valence electrons. The SMILES string of the molecule is COC(=O)c1ccccc1NC(=O)Nc1ccnn1C. The lowest BCUT2D eigenvalue weighted by molar-refractivity contribution is 0.0602. The summed E-state index contributed by atoms with van der Waals surface area (Å²) in [4.78, 5) is 23.5. The lowest BCUT2D eigenvalue weighted by Crippen LogP contribution is -2.22. The van der Waals surface area contributed by atoms with Crippen LogP contribution in [0, 0.1) is 0 Å². The van der Waals surface area contributed by atoms with Crippen LogP contribution >= 0.6 is 0 Å². The minimum absolute atomic E-state index is 0.287. The number of hydrogen-bond acceptors (Lipinski definition) is 4. The standard InChI is InChI=1S/C13H14N4O3/c1-17-11(7-8-14-17)16-13(19)15-10-6-4-3-5-9(10)12(18)20-2/h3-8H,1-2H3,(H2,15,16,19). The molecule has 0 atom stereocenters. The van der Waals surface area contributed by atoms with E-state index in [0.29, 0.717) is 11.5 Å². The minimum atomic E-state index is -0.513. The second-order valence-electron chi connectivity index (χ2n) is 3.96. The van der Waals surface area contributed by atoms with E-state index < -0.39 is 12.0 Å². The maximum atomic E-state index is 11.9. The van der Waals surface area contributed by atoms with E-state index in [9.17, 15) is 9.59 Å². The van der Waals surface area contributed by atoms with Crippen LogP contribution < -0.4 is 10.6 Å². The van der Waals surface area contributed by atoms with Gasteiger partial charge in [-0.2, -0.15) is 5.10 Å². The van der Waals surface area contributed by atoms with Crippen LogP contribution in [-0.4, -0.2) is 28.9 Å². The van der Waals surface area contributed by atoms with Gasteiger partial charge in [0.15, 0.2) is 0 Å². The zero-order chi connectivity index (χ0) is 14.5. The summed E-state index contributed by atoms with van der Waals surface area (Å²) in [5.41, 5.74) is 0.661. The Morgan fingerprint density at radius 1 is 1.20 bits per heavy atom. The van der Waals surface area contributed by atoms with E-state index in [-0.39, 0.29) is 5.56 Å². The molecule has 0 unspecified atom stereocenters. The largest absolute Gasteiger partial charge is 0.465 e. The molecular weight excluding hydrogens is 260 g/mol. The van der Waals surface area contributed by atoms with Crippen LogP contribution in [0.3, 0.4) is 0 Å². The molecule has 0 bridgehead atoms. The molecular formula is C13H14N4O3. The maximum Gasteiger partial charge on any atom is 0.339 e. The number of carbonyl (C=O) groups excluding carboxylic acids is 2. The van der Waals surface area contributed by atoms with Gasteiger partial charge in [-0.3, -0.25) is 10.00 Å². The summed E-state index contributed by atoms with van der Waals surface area (Å²) < 4.78 is 6.18. The highest BCUT2D eigenvalue weighted by Gasteiger charge is 2.13. The Kier molecular flexibility index (Phi) is 3.99. The minimum Gasteiger partial charge on any atom is -0.465 e. The van der Waals surface area contributed by atoms with Crippen molar-refractivity contribution in [2.75, 3.05) is 17.7 Å². The predicted octanol–water partition coefficient (Wildman–Crippen LogP) is 1.85. The molecule has 20 heavy (non-hydrogen) atoms. The fraction of sp³-hybridized carbons (Fsp3) is 0.154. The number of nitrogens with zero attached hydrogens (tertiary/aromatic N) is 2. The molecule has 0 spiro atoms. The molecule has 1 aromatic heterocycles. The number of para-hydroxylation sites is 1. The summed E-state index contributed by atoms with van der Waals surface area (Å²) in [5.74, 6) is 0.0273. The first-order chi connectivity index (χ1) is 9.61. The van der Waals surface area contributed by atoms with Crippen LogP contribution in [0.2, 0.25) is 0 Å². The van der Waals surface area contributed by atoms with Crippen molar-refractivity contribution in [1.29, 1.82) is 0 Å².